The van der Waals surface area contributed by atoms with Crippen LogP contribution in [0.4, 0.5) is 0 Å². The summed E-state index contributed by atoms with van der Waals surface area (Å²) in [7, 11) is -2.99. The molecule has 0 saturated carbocycles. The van der Waals surface area contributed by atoms with Crippen LogP contribution >= 0.6 is 0 Å². The fourth-order valence-corrected chi connectivity index (χ4v) is 2.42. The third-order valence-electron chi connectivity index (χ3n) is 2.91. The first-order valence-electron chi connectivity index (χ1n) is 5.58. The minimum Gasteiger partial charge on any atom is -0.492 e. The zero-order valence-electron chi connectivity index (χ0n) is 9.72. The molecule has 1 N–H and O–H groups in total. The van der Waals surface area contributed by atoms with Crippen molar-refractivity contribution < 1.29 is 18.3 Å². The Morgan fingerprint density at radius 2 is 2.24 bits per heavy atom. The molecule has 0 aromatic heterocycles. The van der Waals surface area contributed by atoms with Crippen LogP contribution in [0.5, 0.6) is 5.75 Å². The number of sulfone groups is 1. The minimum absolute atomic E-state index is 0.0131. The summed E-state index contributed by atoms with van der Waals surface area (Å²) < 4.78 is 27.5. The van der Waals surface area contributed by atoms with E-state index >= 15 is 0 Å². The van der Waals surface area contributed by atoms with E-state index in [1.54, 1.807) is 0 Å². The van der Waals surface area contributed by atoms with Crippen molar-refractivity contribution >= 4 is 9.84 Å². The molecule has 0 heterocycles. The molecule has 1 aliphatic carbocycles. The average molecular weight is 256 g/mol. The lowest BCUT2D eigenvalue weighted by molar-refractivity contribution is 0.180. The summed E-state index contributed by atoms with van der Waals surface area (Å²) >= 11 is 0. The van der Waals surface area contributed by atoms with Gasteiger partial charge in [-0.15, -0.1) is 0 Å². The maximum atomic E-state index is 11.0. The molecule has 0 fully saturated rings. The first kappa shape index (κ1) is 12.4. The van der Waals surface area contributed by atoms with Crippen LogP contribution in [-0.2, 0) is 16.3 Å². The van der Waals surface area contributed by atoms with Crippen LogP contribution < -0.4 is 4.74 Å². The van der Waals surface area contributed by atoms with Crippen molar-refractivity contribution in [2.75, 3.05) is 18.6 Å². The summed E-state index contributed by atoms with van der Waals surface area (Å²) in [6.45, 7) is 0.158. The van der Waals surface area contributed by atoms with E-state index in [0.29, 0.717) is 12.2 Å². The first-order valence-corrected chi connectivity index (χ1v) is 7.64. The largest absolute Gasteiger partial charge is 0.492 e. The highest BCUT2D eigenvalue weighted by Gasteiger charge is 2.23. The van der Waals surface area contributed by atoms with Gasteiger partial charge in [0.2, 0.25) is 0 Å². The third-order valence-corrected chi connectivity index (χ3v) is 3.82. The molecule has 5 heteroatoms. The lowest BCUT2D eigenvalue weighted by atomic mass is 10.1. The van der Waals surface area contributed by atoms with E-state index in [-0.39, 0.29) is 12.4 Å². The molecular formula is C12H16O4S. The second kappa shape index (κ2) is 4.66. The van der Waals surface area contributed by atoms with Crippen molar-refractivity contribution in [3.05, 3.63) is 29.3 Å². The maximum Gasteiger partial charge on any atom is 0.150 e. The molecule has 1 aliphatic rings. The van der Waals surface area contributed by atoms with Gasteiger partial charge in [-0.25, -0.2) is 8.42 Å². The predicted octanol–water partition coefficient (Wildman–Crippen LogP) is 1.09. The first-order chi connectivity index (χ1) is 7.97. The van der Waals surface area contributed by atoms with Crippen molar-refractivity contribution in [3.8, 4) is 5.75 Å². The molecule has 17 heavy (non-hydrogen) atoms. The number of hydrogen-bond donors (Lipinski definition) is 1. The SMILES string of the molecule is CS(=O)(=O)CCOc1cccc2c1CCC2O. The van der Waals surface area contributed by atoms with Crippen LogP contribution in [-0.4, -0.2) is 32.1 Å². The Morgan fingerprint density at radius 3 is 2.94 bits per heavy atom. The van der Waals surface area contributed by atoms with Crippen LogP contribution in [0, 0.1) is 0 Å². The maximum absolute atomic E-state index is 11.0. The van der Waals surface area contributed by atoms with Crippen LogP contribution in [0.15, 0.2) is 18.2 Å². The quantitative estimate of drug-likeness (QED) is 0.876. The second-order valence-corrected chi connectivity index (χ2v) is 6.62. The Bertz CT molecular complexity index is 507. The van der Waals surface area contributed by atoms with E-state index in [1.807, 2.05) is 18.2 Å². The third kappa shape index (κ3) is 2.98. The number of benzene rings is 1. The molecule has 0 radical (unpaired) electrons. The molecule has 2 rings (SSSR count). The number of ether oxygens (including phenoxy) is 1. The summed E-state index contributed by atoms with van der Waals surface area (Å²) in [4.78, 5) is 0. The Kier molecular flexibility index (Phi) is 3.40. The Labute approximate surface area is 101 Å². The molecule has 1 aromatic carbocycles. The number of hydrogen-bond acceptors (Lipinski definition) is 4. The molecule has 1 unspecified atom stereocenters. The molecule has 1 aromatic rings. The van der Waals surface area contributed by atoms with Gasteiger partial charge in [0, 0.05) is 11.8 Å². The van der Waals surface area contributed by atoms with Gasteiger partial charge in [0.1, 0.15) is 12.4 Å². The van der Waals surface area contributed by atoms with Gasteiger partial charge in [-0.3, -0.25) is 0 Å². The number of fused-ring (bicyclic) bond motifs is 1. The number of aliphatic hydroxyl groups excluding tert-OH is 1. The zero-order valence-corrected chi connectivity index (χ0v) is 10.5. The normalized spacial score (nSPS) is 19.1. The van der Waals surface area contributed by atoms with Crippen LogP contribution in [0.25, 0.3) is 0 Å². The van der Waals surface area contributed by atoms with Gasteiger partial charge in [0.15, 0.2) is 9.84 Å². The molecule has 0 aliphatic heterocycles. The molecule has 0 saturated heterocycles. The van der Waals surface area contributed by atoms with Gasteiger partial charge in [-0.1, -0.05) is 12.1 Å². The Hall–Kier alpha value is -1.07. The standard InChI is InChI=1S/C12H16O4S/c1-17(14,15)8-7-16-12-4-2-3-9-10(12)5-6-11(9)13/h2-4,11,13H,5-8H2,1H3. The van der Waals surface area contributed by atoms with Gasteiger partial charge in [-0.05, 0) is 24.5 Å². The van der Waals surface area contributed by atoms with Gasteiger partial charge >= 0.3 is 0 Å². The van der Waals surface area contributed by atoms with Crippen molar-refractivity contribution in [1.82, 2.24) is 0 Å². The second-order valence-electron chi connectivity index (χ2n) is 4.36. The topological polar surface area (TPSA) is 63.6 Å². The van der Waals surface area contributed by atoms with Gasteiger partial charge < -0.3 is 9.84 Å². The predicted molar refractivity (Wildman–Crippen MR) is 64.9 cm³/mol. The highest BCUT2D eigenvalue weighted by molar-refractivity contribution is 7.90. The van der Waals surface area contributed by atoms with E-state index in [2.05, 4.69) is 0 Å². The van der Waals surface area contributed by atoms with E-state index in [1.165, 1.54) is 6.26 Å². The summed E-state index contributed by atoms with van der Waals surface area (Å²) in [5.41, 5.74) is 1.91. The average Bonchev–Trinajstić information content (AvgIpc) is 2.60. The van der Waals surface area contributed by atoms with Crippen LogP contribution in [0.2, 0.25) is 0 Å². The molecule has 4 nitrogen and oxygen atoms in total. The molecule has 1 atom stereocenters. The van der Waals surface area contributed by atoms with Crippen molar-refractivity contribution in [1.29, 1.82) is 0 Å². The summed E-state index contributed by atoms with van der Waals surface area (Å²) in [5, 5.41) is 9.71. The summed E-state index contributed by atoms with van der Waals surface area (Å²) in [6.07, 6.45) is 2.27. The number of rotatable bonds is 4. The fraction of sp³-hybridized carbons (Fsp3) is 0.500. The van der Waals surface area contributed by atoms with Crippen molar-refractivity contribution in [3.63, 3.8) is 0 Å². The number of aliphatic hydroxyl groups is 1. The van der Waals surface area contributed by atoms with Crippen molar-refractivity contribution in [2.24, 2.45) is 0 Å². The van der Waals surface area contributed by atoms with E-state index < -0.39 is 15.9 Å². The van der Waals surface area contributed by atoms with Gasteiger partial charge in [0.05, 0.1) is 11.9 Å². The molecular weight excluding hydrogens is 240 g/mol. The van der Waals surface area contributed by atoms with Crippen LogP contribution in [0.1, 0.15) is 23.7 Å². The Balaban J connectivity index is 2.08. The molecule has 0 amide bonds. The highest BCUT2D eigenvalue weighted by Crippen LogP contribution is 2.36. The monoisotopic (exact) mass is 256 g/mol. The lowest BCUT2D eigenvalue weighted by Gasteiger charge is -2.10. The smallest absolute Gasteiger partial charge is 0.150 e. The van der Waals surface area contributed by atoms with E-state index in [4.69, 9.17) is 4.74 Å². The molecule has 94 valence electrons. The summed E-state index contributed by atoms with van der Waals surface area (Å²) in [5.74, 6) is 0.710. The minimum atomic E-state index is -2.99. The van der Waals surface area contributed by atoms with Crippen LogP contribution in [0.3, 0.4) is 0 Å². The van der Waals surface area contributed by atoms with E-state index in [9.17, 15) is 13.5 Å². The van der Waals surface area contributed by atoms with E-state index in [0.717, 1.165) is 17.5 Å². The Morgan fingerprint density at radius 1 is 1.47 bits per heavy atom. The fourth-order valence-electron chi connectivity index (χ4n) is 2.04. The molecule has 0 bridgehead atoms. The van der Waals surface area contributed by atoms with Gasteiger partial charge in [-0.2, -0.15) is 0 Å². The van der Waals surface area contributed by atoms with Gasteiger partial charge in [0.25, 0.3) is 0 Å². The zero-order chi connectivity index (χ0) is 12.5. The summed E-state index contributed by atoms with van der Waals surface area (Å²) in [6, 6.07) is 5.53. The van der Waals surface area contributed by atoms with Crippen molar-refractivity contribution in [2.45, 2.75) is 18.9 Å². The molecule has 0 spiro atoms. The highest BCUT2D eigenvalue weighted by atomic mass is 32.2. The lowest BCUT2D eigenvalue weighted by Crippen LogP contribution is -2.12.